The van der Waals surface area contributed by atoms with Gasteiger partial charge in [0.05, 0.1) is 6.61 Å². The summed E-state index contributed by atoms with van der Waals surface area (Å²) >= 11 is 0. The summed E-state index contributed by atoms with van der Waals surface area (Å²) in [7, 11) is -2.66. The second-order valence-corrected chi connectivity index (χ2v) is 12.7. The van der Waals surface area contributed by atoms with Crippen LogP contribution >= 0.6 is 0 Å². The maximum atomic E-state index is 12.0. The molecule has 0 saturated heterocycles. The van der Waals surface area contributed by atoms with Crippen molar-refractivity contribution in [2.75, 3.05) is 33.0 Å². The zero-order chi connectivity index (χ0) is 28.7. The monoisotopic (exact) mass is 551 g/mol. The number of alkyl carbamates (subject to hydrolysis) is 1. The molecule has 6 nitrogen and oxygen atoms in total. The third kappa shape index (κ3) is 20.3. The van der Waals surface area contributed by atoms with Gasteiger partial charge in [-0.15, -0.1) is 0 Å². The van der Waals surface area contributed by atoms with Crippen LogP contribution in [0, 0.1) is 0 Å². The molecular weight excluding hydrogens is 494 g/mol. The number of ether oxygens (including phenoxy) is 1. The molecule has 220 valence electrons. The largest absolute Gasteiger partial charge is 0.500 e. The van der Waals surface area contributed by atoms with Crippen molar-refractivity contribution in [3.8, 4) is 0 Å². The lowest BCUT2D eigenvalue weighted by Gasteiger charge is -2.28. The van der Waals surface area contributed by atoms with Gasteiger partial charge in [-0.3, -0.25) is 0 Å². The Bertz CT molecular complexity index is 736. The molecule has 0 aromatic rings. The maximum Gasteiger partial charge on any atom is 0.500 e. The van der Waals surface area contributed by atoms with Crippen molar-refractivity contribution in [3.05, 3.63) is 46.6 Å². The van der Waals surface area contributed by atoms with Crippen LogP contribution < -0.4 is 5.32 Å². The van der Waals surface area contributed by atoms with Gasteiger partial charge in [-0.25, -0.2) is 4.79 Å². The maximum absolute atomic E-state index is 12.0. The molecule has 1 amide bonds. The van der Waals surface area contributed by atoms with Crippen LogP contribution in [0.3, 0.4) is 0 Å². The standard InChI is InChI=1S/C31H57NO5Si/c1-9-35-38(36-10-2,37-11-3)26-16-24-32-31(33)34-25-15-23-30(8)22-14-21-29(7)20-13-19-28(6)18-12-17-27(4)5/h17,19,21,23H,9-16,18,20,22,24-26H2,1-8H3,(H,32,33). The molecule has 0 aromatic carbocycles. The molecule has 0 saturated carbocycles. The van der Waals surface area contributed by atoms with Crippen LogP contribution in [0.15, 0.2) is 46.6 Å². The summed E-state index contributed by atoms with van der Waals surface area (Å²) < 4.78 is 22.8. The second kappa shape index (κ2) is 23.2. The van der Waals surface area contributed by atoms with Gasteiger partial charge in [-0.2, -0.15) is 0 Å². The van der Waals surface area contributed by atoms with E-state index in [0.29, 0.717) is 39.0 Å². The summed E-state index contributed by atoms with van der Waals surface area (Å²) in [5.74, 6) is 0. The van der Waals surface area contributed by atoms with E-state index in [1.165, 1.54) is 22.3 Å². The van der Waals surface area contributed by atoms with E-state index in [9.17, 15) is 4.79 Å². The summed E-state index contributed by atoms with van der Waals surface area (Å²) in [6, 6.07) is 0.672. The molecule has 0 aromatic heterocycles. The first-order valence-electron chi connectivity index (χ1n) is 14.6. The molecule has 7 heteroatoms. The molecule has 0 spiro atoms. The molecule has 0 rings (SSSR count). The van der Waals surface area contributed by atoms with E-state index in [1.807, 2.05) is 20.8 Å². The average Bonchev–Trinajstić information content (AvgIpc) is 2.85. The summed E-state index contributed by atoms with van der Waals surface area (Å²) in [6.07, 6.45) is 16.9. The minimum absolute atomic E-state index is 0.382. The first kappa shape index (κ1) is 36.3. The lowest BCUT2D eigenvalue weighted by Crippen LogP contribution is -2.46. The number of amides is 1. The van der Waals surface area contributed by atoms with Crippen LogP contribution in [0.1, 0.15) is 107 Å². The highest BCUT2D eigenvalue weighted by Crippen LogP contribution is 2.18. The molecule has 0 heterocycles. The zero-order valence-corrected chi connectivity index (χ0v) is 26.8. The quantitative estimate of drug-likeness (QED) is 0.0828. The molecule has 38 heavy (non-hydrogen) atoms. The number of carbonyl (C=O) groups excluding carboxylic acids is 1. The fraction of sp³-hybridized carbons (Fsp3) is 0.710. The van der Waals surface area contributed by atoms with Crippen LogP contribution in [0.25, 0.3) is 0 Å². The van der Waals surface area contributed by atoms with Gasteiger partial charge < -0.3 is 23.3 Å². The van der Waals surface area contributed by atoms with Crippen molar-refractivity contribution in [2.45, 2.75) is 113 Å². The highest BCUT2D eigenvalue weighted by molar-refractivity contribution is 6.60. The molecule has 0 unspecified atom stereocenters. The summed E-state index contributed by atoms with van der Waals surface area (Å²) in [4.78, 5) is 12.0. The van der Waals surface area contributed by atoms with Crippen molar-refractivity contribution < 1.29 is 22.8 Å². The fourth-order valence-electron chi connectivity index (χ4n) is 3.99. The van der Waals surface area contributed by atoms with Crippen LogP contribution in [0.5, 0.6) is 0 Å². The molecule has 0 aliphatic heterocycles. The molecule has 0 atom stereocenters. The smallest absolute Gasteiger partial charge is 0.449 e. The van der Waals surface area contributed by atoms with Crippen molar-refractivity contribution in [3.63, 3.8) is 0 Å². The van der Waals surface area contributed by atoms with Crippen LogP contribution in [0.4, 0.5) is 4.79 Å². The van der Waals surface area contributed by atoms with Gasteiger partial charge in [0.2, 0.25) is 0 Å². The van der Waals surface area contributed by atoms with Gasteiger partial charge >= 0.3 is 14.9 Å². The Morgan fingerprint density at radius 1 is 0.684 bits per heavy atom. The third-order valence-electron chi connectivity index (χ3n) is 6.02. The lowest BCUT2D eigenvalue weighted by atomic mass is 10.0. The van der Waals surface area contributed by atoms with Gasteiger partial charge in [0.15, 0.2) is 0 Å². The molecule has 0 aliphatic rings. The van der Waals surface area contributed by atoms with Crippen molar-refractivity contribution in [1.29, 1.82) is 0 Å². The predicted octanol–water partition coefficient (Wildman–Crippen LogP) is 8.69. The highest BCUT2D eigenvalue weighted by Gasteiger charge is 2.39. The second-order valence-electron chi connectivity index (χ2n) is 9.99. The Hall–Kier alpha value is -1.67. The summed E-state index contributed by atoms with van der Waals surface area (Å²) in [5.41, 5.74) is 5.67. The Labute approximate surface area is 235 Å². The Kier molecular flexibility index (Phi) is 22.2. The topological polar surface area (TPSA) is 66.0 Å². The molecule has 1 N–H and O–H groups in total. The van der Waals surface area contributed by atoms with Gasteiger partial charge in [0.1, 0.15) is 0 Å². The van der Waals surface area contributed by atoms with E-state index in [-0.39, 0.29) is 6.09 Å². The van der Waals surface area contributed by atoms with Crippen LogP contribution in [-0.2, 0) is 18.0 Å². The van der Waals surface area contributed by atoms with E-state index in [4.69, 9.17) is 18.0 Å². The zero-order valence-electron chi connectivity index (χ0n) is 25.8. The minimum Gasteiger partial charge on any atom is -0.449 e. The lowest BCUT2D eigenvalue weighted by molar-refractivity contribution is 0.0706. The molecule has 0 bridgehead atoms. The van der Waals surface area contributed by atoms with Gasteiger partial charge in [-0.1, -0.05) is 46.6 Å². The van der Waals surface area contributed by atoms with E-state index in [2.05, 4.69) is 64.2 Å². The van der Waals surface area contributed by atoms with Crippen molar-refractivity contribution in [1.82, 2.24) is 5.32 Å². The number of allylic oxidation sites excluding steroid dienone is 7. The predicted molar refractivity (Wildman–Crippen MR) is 162 cm³/mol. The Morgan fingerprint density at radius 3 is 1.58 bits per heavy atom. The van der Waals surface area contributed by atoms with Gasteiger partial charge in [0.25, 0.3) is 0 Å². The Morgan fingerprint density at radius 2 is 1.13 bits per heavy atom. The fourth-order valence-corrected chi connectivity index (χ4v) is 6.60. The average molecular weight is 552 g/mol. The molecule has 0 aliphatic carbocycles. The Balaban J connectivity index is 4.11. The third-order valence-corrected chi connectivity index (χ3v) is 9.17. The van der Waals surface area contributed by atoms with Gasteiger partial charge in [-0.05, 0) is 107 Å². The minimum atomic E-state index is -2.66. The van der Waals surface area contributed by atoms with E-state index in [1.54, 1.807) is 0 Å². The van der Waals surface area contributed by atoms with Gasteiger partial charge in [0, 0.05) is 32.4 Å². The van der Waals surface area contributed by atoms with Crippen molar-refractivity contribution in [2.24, 2.45) is 0 Å². The normalized spacial score (nSPS) is 13.0. The first-order valence-corrected chi connectivity index (χ1v) is 16.5. The van der Waals surface area contributed by atoms with Crippen molar-refractivity contribution >= 4 is 14.9 Å². The number of nitrogens with one attached hydrogen (secondary N) is 1. The van der Waals surface area contributed by atoms with Crippen LogP contribution in [-0.4, -0.2) is 47.9 Å². The molecule has 0 radical (unpaired) electrons. The number of hydrogen-bond acceptors (Lipinski definition) is 5. The van der Waals surface area contributed by atoms with E-state index >= 15 is 0 Å². The van der Waals surface area contributed by atoms with E-state index < -0.39 is 8.80 Å². The molecular formula is C31H57NO5Si. The van der Waals surface area contributed by atoms with E-state index in [0.717, 1.165) is 51.4 Å². The number of carbonyl (C=O) groups is 1. The number of hydrogen-bond donors (Lipinski definition) is 1. The highest BCUT2D eigenvalue weighted by atomic mass is 28.4. The first-order chi connectivity index (χ1) is 18.2. The SMILES string of the molecule is CCO[Si](CCCNC(=O)OCCC=C(C)CCC=C(C)CCC=C(C)CCC=C(C)C)(OCC)OCC. The summed E-state index contributed by atoms with van der Waals surface area (Å²) in [6.45, 7) is 19.3. The van der Waals surface area contributed by atoms with Crippen LogP contribution in [0.2, 0.25) is 6.04 Å². The molecule has 0 fully saturated rings. The summed E-state index contributed by atoms with van der Waals surface area (Å²) in [5, 5.41) is 2.81. The number of rotatable bonds is 22.